The van der Waals surface area contributed by atoms with Crippen LogP contribution in [-0.2, 0) is 0 Å². The van der Waals surface area contributed by atoms with Crippen LogP contribution in [0.1, 0.15) is 38.5 Å². The summed E-state index contributed by atoms with van der Waals surface area (Å²) in [4.78, 5) is 0. The molecule has 0 heterocycles. The molecule has 3 fully saturated rings. The first-order valence-electron chi connectivity index (χ1n) is 4.60. The van der Waals surface area contributed by atoms with Gasteiger partial charge in [-0.25, -0.2) is 0 Å². The summed E-state index contributed by atoms with van der Waals surface area (Å²) in [6, 6.07) is 0.542. The van der Waals surface area contributed by atoms with E-state index in [1.807, 2.05) is 0 Å². The first-order valence-corrected chi connectivity index (χ1v) is 4.60. The predicted molar refractivity (Wildman–Crippen MR) is 42.7 cm³/mol. The Labute approximate surface area is 63.0 Å². The number of rotatable bonds is 0. The van der Waals surface area contributed by atoms with Crippen LogP contribution in [0.4, 0.5) is 0 Å². The molecular formula is C9H17N. The van der Waals surface area contributed by atoms with Gasteiger partial charge in [0, 0.05) is 6.04 Å². The molecule has 0 aromatic carbocycles. The Morgan fingerprint density at radius 3 is 1.60 bits per heavy atom. The Kier molecular flexibility index (Phi) is 1.69. The summed E-state index contributed by atoms with van der Waals surface area (Å²) in [5, 5.41) is 0. The van der Waals surface area contributed by atoms with E-state index in [0.29, 0.717) is 6.04 Å². The molecule has 3 rings (SSSR count). The van der Waals surface area contributed by atoms with Gasteiger partial charge in [0.2, 0.25) is 0 Å². The second-order valence-electron chi connectivity index (χ2n) is 4.12. The van der Waals surface area contributed by atoms with E-state index in [4.69, 9.17) is 5.73 Å². The highest BCUT2D eigenvalue weighted by Crippen LogP contribution is 2.38. The normalized spacial score (nSPS) is 47.1. The van der Waals surface area contributed by atoms with Crippen molar-refractivity contribution in [1.82, 2.24) is 0 Å². The van der Waals surface area contributed by atoms with Crippen molar-refractivity contribution < 1.29 is 0 Å². The highest BCUT2D eigenvalue weighted by Gasteiger charge is 2.28. The van der Waals surface area contributed by atoms with Crippen molar-refractivity contribution >= 4 is 0 Å². The molecule has 0 amide bonds. The second-order valence-corrected chi connectivity index (χ2v) is 4.12. The number of fused-ring (bicyclic) bond motifs is 4. The second kappa shape index (κ2) is 2.54. The van der Waals surface area contributed by atoms with Gasteiger partial charge in [-0.2, -0.15) is 0 Å². The van der Waals surface area contributed by atoms with Crippen molar-refractivity contribution in [3.05, 3.63) is 0 Å². The van der Waals surface area contributed by atoms with E-state index < -0.39 is 0 Å². The van der Waals surface area contributed by atoms with Crippen LogP contribution in [0, 0.1) is 11.8 Å². The molecular weight excluding hydrogens is 122 g/mol. The fourth-order valence-corrected chi connectivity index (χ4v) is 2.66. The van der Waals surface area contributed by atoms with Crippen LogP contribution in [0.3, 0.4) is 0 Å². The molecule has 0 spiro atoms. The van der Waals surface area contributed by atoms with E-state index in [1.165, 1.54) is 38.5 Å². The predicted octanol–water partition coefficient (Wildman–Crippen LogP) is 1.91. The standard InChI is InChI=1S/C9H17N/c10-9-5-7-1-2-8(6-9)4-3-7/h7-9H,1-6,10H2. The van der Waals surface area contributed by atoms with Crippen molar-refractivity contribution in [2.75, 3.05) is 0 Å². The molecule has 1 heteroatoms. The fraction of sp³-hybridized carbons (Fsp3) is 1.00. The average Bonchev–Trinajstić information content (AvgIpc) is 2.17. The van der Waals surface area contributed by atoms with Crippen LogP contribution >= 0.6 is 0 Å². The minimum atomic E-state index is 0.542. The van der Waals surface area contributed by atoms with Gasteiger partial charge < -0.3 is 5.73 Å². The minimum absolute atomic E-state index is 0.542. The Morgan fingerprint density at radius 2 is 1.20 bits per heavy atom. The Hall–Kier alpha value is -0.0400. The van der Waals surface area contributed by atoms with Crippen molar-refractivity contribution in [2.45, 2.75) is 44.6 Å². The van der Waals surface area contributed by atoms with E-state index in [1.54, 1.807) is 0 Å². The van der Waals surface area contributed by atoms with E-state index in [9.17, 15) is 0 Å². The van der Waals surface area contributed by atoms with Gasteiger partial charge in [-0.05, 0) is 24.7 Å². The SMILES string of the molecule is NC1CC2CCC(CC2)C1. The zero-order valence-electron chi connectivity index (χ0n) is 6.55. The lowest BCUT2D eigenvalue weighted by molar-refractivity contribution is 0.308. The summed E-state index contributed by atoms with van der Waals surface area (Å²) in [7, 11) is 0. The van der Waals surface area contributed by atoms with E-state index in [-0.39, 0.29) is 0 Å². The van der Waals surface area contributed by atoms with Crippen LogP contribution in [-0.4, -0.2) is 6.04 Å². The third-order valence-electron chi connectivity index (χ3n) is 3.24. The van der Waals surface area contributed by atoms with Crippen LogP contribution in [0.2, 0.25) is 0 Å². The largest absolute Gasteiger partial charge is 0.328 e. The molecule has 2 N–H and O–H groups in total. The monoisotopic (exact) mass is 139 g/mol. The minimum Gasteiger partial charge on any atom is -0.328 e. The smallest absolute Gasteiger partial charge is 0.00441 e. The maximum atomic E-state index is 5.96. The highest BCUT2D eigenvalue weighted by atomic mass is 14.6. The summed E-state index contributed by atoms with van der Waals surface area (Å²) in [6.45, 7) is 0. The Balaban J connectivity index is 2.05. The molecule has 0 unspecified atom stereocenters. The molecule has 3 saturated carbocycles. The van der Waals surface area contributed by atoms with Gasteiger partial charge in [0.05, 0.1) is 0 Å². The molecule has 0 atom stereocenters. The highest BCUT2D eigenvalue weighted by molar-refractivity contribution is 4.83. The fourth-order valence-electron chi connectivity index (χ4n) is 2.66. The lowest BCUT2D eigenvalue weighted by atomic mass is 9.84. The zero-order chi connectivity index (χ0) is 6.97. The van der Waals surface area contributed by atoms with Crippen molar-refractivity contribution in [3.63, 3.8) is 0 Å². The molecule has 0 aromatic heterocycles. The number of hydrogen-bond acceptors (Lipinski definition) is 1. The Morgan fingerprint density at radius 1 is 0.800 bits per heavy atom. The van der Waals surface area contributed by atoms with E-state index in [0.717, 1.165) is 11.8 Å². The molecule has 2 bridgehead atoms. The molecule has 0 saturated heterocycles. The molecule has 0 radical (unpaired) electrons. The van der Waals surface area contributed by atoms with E-state index in [2.05, 4.69) is 0 Å². The lowest BCUT2D eigenvalue weighted by Crippen LogP contribution is -2.20. The summed E-state index contributed by atoms with van der Waals surface area (Å²) in [6.07, 6.45) is 8.51. The van der Waals surface area contributed by atoms with Crippen molar-refractivity contribution in [3.8, 4) is 0 Å². The quantitative estimate of drug-likeness (QED) is 0.545. The van der Waals surface area contributed by atoms with Crippen LogP contribution in [0.25, 0.3) is 0 Å². The summed E-state index contributed by atoms with van der Waals surface area (Å²) in [5.74, 6) is 1.99. The maximum absolute atomic E-state index is 5.96. The third kappa shape index (κ3) is 1.20. The van der Waals surface area contributed by atoms with Crippen LogP contribution in [0.15, 0.2) is 0 Å². The molecule has 3 aliphatic rings. The van der Waals surface area contributed by atoms with Crippen LogP contribution < -0.4 is 5.73 Å². The Bertz CT molecular complexity index is 99.9. The van der Waals surface area contributed by atoms with Gasteiger partial charge in [0.15, 0.2) is 0 Å². The number of nitrogens with two attached hydrogens (primary N) is 1. The first-order chi connectivity index (χ1) is 4.84. The lowest BCUT2D eigenvalue weighted by Gasteiger charge is -2.21. The number of hydrogen-bond donors (Lipinski definition) is 1. The van der Waals surface area contributed by atoms with Crippen LogP contribution in [0.5, 0.6) is 0 Å². The topological polar surface area (TPSA) is 26.0 Å². The molecule has 0 aromatic rings. The third-order valence-corrected chi connectivity index (χ3v) is 3.24. The summed E-state index contributed by atoms with van der Waals surface area (Å²) < 4.78 is 0. The van der Waals surface area contributed by atoms with Gasteiger partial charge in [-0.3, -0.25) is 0 Å². The molecule has 3 aliphatic carbocycles. The van der Waals surface area contributed by atoms with Crippen molar-refractivity contribution in [1.29, 1.82) is 0 Å². The molecule has 58 valence electrons. The summed E-state index contributed by atoms with van der Waals surface area (Å²) >= 11 is 0. The van der Waals surface area contributed by atoms with Gasteiger partial charge in [-0.15, -0.1) is 0 Å². The van der Waals surface area contributed by atoms with Crippen molar-refractivity contribution in [2.24, 2.45) is 17.6 Å². The first kappa shape index (κ1) is 6.66. The van der Waals surface area contributed by atoms with Gasteiger partial charge in [0.25, 0.3) is 0 Å². The van der Waals surface area contributed by atoms with Gasteiger partial charge in [0.1, 0.15) is 0 Å². The van der Waals surface area contributed by atoms with Gasteiger partial charge >= 0.3 is 0 Å². The van der Waals surface area contributed by atoms with Gasteiger partial charge in [-0.1, -0.05) is 25.7 Å². The molecule has 10 heavy (non-hydrogen) atoms. The van der Waals surface area contributed by atoms with E-state index >= 15 is 0 Å². The maximum Gasteiger partial charge on any atom is 0.00441 e. The zero-order valence-corrected chi connectivity index (χ0v) is 6.55. The molecule has 1 nitrogen and oxygen atoms in total. The average molecular weight is 139 g/mol. The molecule has 0 aliphatic heterocycles. The summed E-state index contributed by atoms with van der Waals surface area (Å²) in [5.41, 5.74) is 5.96.